The predicted octanol–water partition coefficient (Wildman–Crippen LogP) is 3.54. The molecule has 0 saturated heterocycles. The molecular weight excluding hydrogens is 258 g/mol. The summed E-state index contributed by atoms with van der Waals surface area (Å²) in [4.78, 5) is 1.46. The zero-order chi connectivity index (χ0) is 13.7. The second-order valence-electron chi connectivity index (χ2n) is 4.59. The number of benzene rings is 1. The van der Waals surface area contributed by atoms with E-state index in [0.29, 0.717) is 16.8 Å². The molecule has 0 amide bonds. The lowest BCUT2D eigenvalue weighted by atomic mass is 10.2. The van der Waals surface area contributed by atoms with Gasteiger partial charge in [-0.1, -0.05) is 31.5 Å². The molecule has 0 spiro atoms. The lowest BCUT2D eigenvalue weighted by Gasteiger charge is -2.20. The van der Waals surface area contributed by atoms with Crippen LogP contribution < -0.4 is 10.2 Å². The summed E-state index contributed by atoms with van der Waals surface area (Å²) < 4.78 is 24.6. The molecule has 0 aromatic heterocycles. The van der Waals surface area contributed by atoms with Gasteiger partial charge in [0.15, 0.2) is 0 Å². The second-order valence-corrected chi connectivity index (χ2v) is 5.00. The van der Waals surface area contributed by atoms with Gasteiger partial charge in [0.25, 0.3) is 6.43 Å². The maximum Gasteiger partial charge on any atom is 0.255 e. The minimum Gasteiger partial charge on any atom is -0.368 e. The van der Waals surface area contributed by atoms with Crippen molar-refractivity contribution in [2.75, 3.05) is 18.5 Å². The molecule has 1 rings (SSSR count). The van der Waals surface area contributed by atoms with E-state index in [0.717, 1.165) is 12.1 Å². The molecule has 1 aromatic carbocycles. The number of halogens is 3. The highest BCUT2D eigenvalue weighted by Crippen LogP contribution is 2.26. The lowest BCUT2D eigenvalue weighted by Crippen LogP contribution is -2.24. The van der Waals surface area contributed by atoms with Gasteiger partial charge in [-0.3, -0.25) is 0 Å². The van der Waals surface area contributed by atoms with Crippen LogP contribution in [0, 0.1) is 0 Å². The number of nitrogens with zero attached hydrogens (tertiary/aromatic N) is 1. The quantitative estimate of drug-likeness (QED) is 0.855. The van der Waals surface area contributed by atoms with Crippen molar-refractivity contribution >= 4 is 17.3 Å². The molecule has 102 valence electrons. The Labute approximate surface area is 112 Å². The monoisotopic (exact) mass is 276 g/mol. The third kappa shape index (κ3) is 4.78. The first-order valence-corrected chi connectivity index (χ1v) is 6.29. The number of rotatable bonds is 6. The van der Waals surface area contributed by atoms with E-state index in [9.17, 15) is 8.78 Å². The van der Waals surface area contributed by atoms with Gasteiger partial charge in [-0.2, -0.15) is 0 Å². The van der Waals surface area contributed by atoms with E-state index < -0.39 is 6.43 Å². The molecule has 1 N–H and O–H groups in total. The van der Waals surface area contributed by atoms with E-state index in [-0.39, 0.29) is 6.54 Å². The van der Waals surface area contributed by atoms with Crippen LogP contribution in [0.15, 0.2) is 18.2 Å². The van der Waals surface area contributed by atoms with E-state index in [1.54, 1.807) is 13.1 Å². The number of hydrogen-bond acceptors (Lipinski definition) is 2. The molecule has 0 bridgehead atoms. The van der Waals surface area contributed by atoms with E-state index in [1.165, 1.54) is 4.90 Å². The van der Waals surface area contributed by atoms with Crippen molar-refractivity contribution in [1.29, 1.82) is 0 Å². The van der Waals surface area contributed by atoms with E-state index in [4.69, 9.17) is 11.6 Å². The molecular formula is C13H19ClF2N2. The van der Waals surface area contributed by atoms with Crippen molar-refractivity contribution in [3.05, 3.63) is 28.8 Å². The van der Waals surface area contributed by atoms with Crippen molar-refractivity contribution in [2.24, 2.45) is 0 Å². The summed E-state index contributed by atoms with van der Waals surface area (Å²) in [6.45, 7) is 4.53. The smallest absolute Gasteiger partial charge is 0.255 e. The predicted molar refractivity (Wildman–Crippen MR) is 72.7 cm³/mol. The first kappa shape index (κ1) is 15.2. The Morgan fingerprint density at radius 3 is 2.50 bits per heavy atom. The molecule has 1 aromatic rings. The van der Waals surface area contributed by atoms with Gasteiger partial charge in [0, 0.05) is 19.6 Å². The van der Waals surface area contributed by atoms with E-state index >= 15 is 0 Å². The summed E-state index contributed by atoms with van der Waals surface area (Å²) >= 11 is 6.11. The van der Waals surface area contributed by atoms with Crippen LogP contribution in [0.5, 0.6) is 0 Å². The molecule has 0 aliphatic carbocycles. The van der Waals surface area contributed by atoms with Crippen molar-refractivity contribution in [3.8, 4) is 0 Å². The van der Waals surface area contributed by atoms with Crippen LogP contribution in [0.25, 0.3) is 0 Å². The first-order valence-electron chi connectivity index (χ1n) is 5.91. The highest BCUT2D eigenvalue weighted by Gasteiger charge is 2.11. The maximum atomic E-state index is 12.3. The topological polar surface area (TPSA) is 15.3 Å². The highest BCUT2D eigenvalue weighted by atomic mass is 35.5. The fourth-order valence-electron chi connectivity index (χ4n) is 1.60. The van der Waals surface area contributed by atoms with Gasteiger partial charge in [0.1, 0.15) is 0 Å². The Hall–Kier alpha value is -0.870. The van der Waals surface area contributed by atoms with E-state index in [1.807, 2.05) is 12.1 Å². The van der Waals surface area contributed by atoms with Gasteiger partial charge in [-0.15, -0.1) is 0 Å². The van der Waals surface area contributed by atoms with Crippen LogP contribution in [-0.2, 0) is 6.54 Å². The van der Waals surface area contributed by atoms with Crippen LogP contribution in [0.1, 0.15) is 19.4 Å². The normalized spacial score (nSPS) is 11.3. The van der Waals surface area contributed by atoms with Crippen molar-refractivity contribution < 1.29 is 8.78 Å². The molecule has 0 unspecified atom stereocenters. The molecule has 2 nitrogen and oxygen atoms in total. The van der Waals surface area contributed by atoms with Gasteiger partial charge >= 0.3 is 0 Å². The molecule has 0 aliphatic rings. The third-order valence-corrected chi connectivity index (χ3v) is 2.85. The molecule has 18 heavy (non-hydrogen) atoms. The molecule has 0 aliphatic heterocycles. The van der Waals surface area contributed by atoms with Crippen LogP contribution in [-0.4, -0.2) is 26.1 Å². The summed E-state index contributed by atoms with van der Waals surface area (Å²) in [7, 11) is 1.61. The maximum absolute atomic E-state index is 12.3. The van der Waals surface area contributed by atoms with Gasteiger partial charge in [0.05, 0.1) is 17.3 Å². The van der Waals surface area contributed by atoms with Crippen molar-refractivity contribution in [3.63, 3.8) is 0 Å². The van der Waals surface area contributed by atoms with Gasteiger partial charge in [0.2, 0.25) is 0 Å². The number of hydrogen-bond donors (Lipinski definition) is 1. The Morgan fingerprint density at radius 1 is 1.33 bits per heavy atom. The second kappa shape index (κ2) is 6.90. The zero-order valence-electron chi connectivity index (χ0n) is 10.9. The van der Waals surface area contributed by atoms with Crippen LogP contribution in [0.3, 0.4) is 0 Å². The van der Waals surface area contributed by atoms with Crippen molar-refractivity contribution in [2.45, 2.75) is 32.9 Å². The highest BCUT2D eigenvalue weighted by molar-refractivity contribution is 6.33. The third-order valence-electron chi connectivity index (χ3n) is 2.55. The fourth-order valence-corrected chi connectivity index (χ4v) is 1.94. The average molecular weight is 277 g/mol. The number of alkyl halides is 2. The molecule has 0 radical (unpaired) electrons. The van der Waals surface area contributed by atoms with Crippen LogP contribution >= 0.6 is 11.6 Å². The minimum atomic E-state index is -2.37. The summed E-state index contributed by atoms with van der Waals surface area (Å²) in [6.07, 6.45) is -2.37. The lowest BCUT2D eigenvalue weighted by molar-refractivity contribution is 0.156. The summed E-state index contributed by atoms with van der Waals surface area (Å²) in [5.74, 6) is 0. The van der Waals surface area contributed by atoms with Crippen LogP contribution in [0.2, 0.25) is 5.02 Å². The largest absolute Gasteiger partial charge is 0.368 e. The van der Waals surface area contributed by atoms with Crippen LogP contribution in [0.4, 0.5) is 14.5 Å². The Morgan fingerprint density at radius 2 is 2.00 bits per heavy atom. The molecule has 0 atom stereocenters. The molecule has 0 saturated carbocycles. The van der Waals surface area contributed by atoms with Gasteiger partial charge in [-0.05, 0) is 17.7 Å². The summed E-state index contributed by atoms with van der Waals surface area (Å²) in [5.41, 5.74) is 1.67. The first-order chi connectivity index (χ1) is 8.40. The average Bonchev–Trinajstić information content (AvgIpc) is 2.25. The minimum absolute atomic E-state index is 0.316. The fraction of sp³-hybridized carbons (Fsp3) is 0.538. The molecule has 5 heteroatoms. The van der Waals surface area contributed by atoms with E-state index in [2.05, 4.69) is 19.2 Å². The van der Waals surface area contributed by atoms with Crippen molar-refractivity contribution in [1.82, 2.24) is 5.32 Å². The van der Waals surface area contributed by atoms with Gasteiger partial charge < -0.3 is 10.2 Å². The number of anilines is 1. The Kier molecular flexibility index (Phi) is 5.82. The summed E-state index contributed by atoms with van der Waals surface area (Å²) in [5, 5.41) is 3.78. The Bertz CT molecular complexity index is 383. The summed E-state index contributed by atoms with van der Waals surface area (Å²) in [6, 6.07) is 5.89. The Balaban J connectivity index is 2.73. The standard InChI is InChI=1S/C13H19ClF2N2/c1-9(2)17-7-10-4-5-12(11(14)6-10)18(3)8-13(15)16/h4-6,9,13,17H,7-8H2,1-3H3. The molecule has 0 heterocycles. The zero-order valence-corrected chi connectivity index (χ0v) is 11.6. The van der Waals surface area contributed by atoms with Gasteiger partial charge in [-0.25, -0.2) is 8.78 Å². The molecule has 0 fully saturated rings. The SMILES string of the molecule is CC(C)NCc1ccc(N(C)CC(F)F)c(Cl)c1. The number of nitrogens with one attached hydrogen (secondary N) is 1.